The van der Waals surface area contributed by atoms with Crippen LogP contribution < -0.4 is 20.8 Å². The number of carbonyl (C=O) groups excluding carboxylic acids is 1. The van der Waals surface area contributed by atoms with Crippen LogP contribution in [0.15, 0.2) is 62.5 Å². The van der Waals surface area contributed by atoms with Gasteiger partial charge in [0.1, 0.15) is 17.1 Å². The maximum Gasteiger partial charge on any atom is 0.419 e. The number of nitrogens with one attached hydrogen (secondary N) is 1. The summed E-state index contributed by atoms with van der Waals surface area (Å²) in [5.41, 5.74) is -0.390. The van der Waals surface area contributed by atoms with Crippen molar-refractivity contribution in [1.29, 1.82) is 0 Å². The van der Waals surface area contributed by atoms with Crippen LogP contribution in [0.1, 0.15) is 15.9 Å². The van der Waals surface area contributed by atoms with E-state index in [4.69, 9.17) is 13.9 Å². The fraction of sp³-hybridized carbons (Fsp3) is 0.105. The van der Waals surface area contributed by atoms with E-state index in [2.05, 4.69) is 0 Å². The van der Waals surface area contributed by atoms with E-state index in [-0.39, 0.29) is 16.9 Å². The van der Waals surface area contributed by atoms with Crippen LogP contribution in [-0.4, -0.2) is 25.0 Å². The van der Waals surface area contributed by atoms with Crippen molar-refractivity contribution < 1.29 is 18.7 Å². The molecule has 0 aliphatic carbocycles. The molecule has 0 fully saturated rings. The summed E-state index contributed by atoms with van der Waals surface area (Å²) in [7, 11) is 3.02. The number of H-pyrrole nitrogens is 1. The first-order chi connectivity index (χ1) is 12.5. The number of aromatic amines is 1. The Kier molecular flexibility index (Phi) is 4.70. The smallest absolute Gasteiger partial charge is 0.419 e. The lowest BCUT2D eigenvalue weighted by Crippen LogP contribution is -2.26. The highest BCUT2D eigenvalue weighted by Gasteiger charge is 2.22. The highest BCUT2D eigenvalue weighted by molar-refractivity contribution is 6.11. The fourth-order valence-corrected chi connectivity index (χ4v) is 2.47. The quantitative estimate of drug-likeness (QED) is 0.706. The summed E-state index contributed by atoms with van der Waals surface area (Å²) in [4.78, 5) is 38.8. The monoisotopic (exact) mass is 353 g/mol. The summed E-state index contributed by atoms with van der Waals surface area (Å²) < 4.78 is 15.3. The van der Waals surface area contributed by atoms with Crippen LogP contribution in [0.4, 0.5) is 0 Å². The lowest BCUT2D eigenvalue weighted by molar-refractivity contribution is 0.103. The van der Waals surface area contributed by atoms with Gasteiger partial charge in [-0.05, 0) is 48.5 Å². The number of benzene rings is 2. The number of rotatable bonds is 5. The molecule has 0 aliphatic rings. The molecule has 7 nitrogen and oxygen atoms in total. The summed E-state index contributed by atoms with van der Waals surface area (Å²) in [5.74, 6) is -0.438. The predicted octanol–water partition coefficient (Wildman–Crippen LogP) is 2.24. The first-order valence-electron chi connectivity index (χ1n) is 7.64. The highest BCUT2D eigenvalue weighted by Crippen LogP contribution is 2.25. The van der Waals surface area contributed by atoms with E-state index in [0.717, 1.165) is 0 Å². The van der Waals surface area contributed by atoms with E-state index < -0.39 is 17.1 Å². The van der Waals surface area contributed by atoms with Gasteiger partial charge in [-0.25, -0.2) is 4.79 Å². The topological polar surface area (TPSA) is 98.6 Å². The number of carbonyl (C=O) groups is 1. The van der Waals surface area contributed by atoms with Crippen LogP contribution in [-0.2, 0) is 0 Å². The van der Waals surface area contributed by atoms with E-state index >= 15 is 0 Å². The molecule has 3 aromatic rings. The number of methoxy groups -OCH3 is 2. The average Bonchev–Trinajstić information content (AvgIpc) is 2.67. The van der Waals surface area contributed by atoms with Gasteiger partial charge in [0.25, 0.3) is 5.56 Å². The van der Waals surface area contributed by atoms with Crippen molar-refractivity contribution in [3.63, 3.8) is 0 Å². The Morgan fingerprint density at radius 2 is 1.42 bits per heavy atom. The maximum absolute atomic E-state index is 12.8. The van der Waals surface area contributed by atoms with Gasteiger partial charge in [-0.15, -0.1) is 0 Å². The third-order valence-electron chi connectivity index (χ3n) is 3.80. The summed E-state index contributed by atoms with van der Waals surface area (Å²) >= 11 is 0. The minimum atomic E-state index is -0.938. The molecule has 0 amide bonds. The van der Waals surface area contributed by atoms with Gasteiger partial charge in [0.05, 0.1) is 14.2 Å². The van der Waals surface area contributed by atoms with Crippen LogP contribution in [0.5, 0.6) is 11.5 Å². The van der Waals surface area contributed by atoms with Crippen LogP contribution in [0.3, 0.4) is 0 Å². The van der Waals surface area contributed by atoms with Crippen LogP contribution >= 0.6 is 0 Å². The molecule has 1 heterocycles. The standard InChI is InChI=1S/C19H15NO6/c1-24-13-7-3-11(4-8-13)16(21)15-17(26-19(23)20-18(15)22)12-5-9-14(25-2)10-6-12/h3-10H,1-2H3,(H,20,22,23). The number of hydrogen-bond acceptors (Lipinski definition) is 6. The van der Waals surface area contributed by atoms with Gasteiger partial charge in [-0.2, -0.15) is 0 Å². The van der Waals surface area contributed by atoms with Crippen molar-refractivity contribution in [3.8, 4) is 22.8 Å². The van der Waals surface area contributed by atoms with Crippen molar-refractivity contribution in [2.24, 2.45) is 0 Å². The molecule has 2 aromatic carbocycles. The largest absolute Gasteiger partial charge is 0.497 e. The number of ketones is 1. The van der Waals surface area contributed by atoms with Crippen molar-refractivity contribution in [2.75, 3.05) is 14.2 Å². The zero-order chi connectivity index (χ0) is 18.7. The molecule has 0 bridgehead atoms. The van der Waals surface area contributed by atoms with Crippen molar-refractivity contribution >= 4 is 5.78 Å². The molecular formula is C19H15NO6. The molecule has 0 saturated carbocycles. The minimum Gasteiger partial charge on any atom is -0.497 e. The second kappa shape index (κ2) is 7.10. The third kappa shape index (κ3) is 3.27. The first kappa shape index (κ1) is 17.2. The van der Waals surface area contributed by atoms with Gasteiger partial charge in [-0.1, -0.05) is 0 Å². The summed E-state index contributed by atoms with van der Waals surface area (Å²) in [6.45, 7) is 0. The molecule has 7 heteroatoms. The first-order valence-corrected chi connectivity index (χ1v) is 7.64. The summed E-state index contributed by atoms with van der Waals surface area (Å²) in [6.07, 6.45) is 0. The minimum absolute atomic E-state index is 0.0952. The summed E-state index contributed by atoms with van der Waals surface area (Å²) in [6, 6.07) is 12.7. The normalized spacial score (nSPS) is 10.4. The molecule has 26 heavy (non-hydrogen) atoms. The molecule has 1 N–H and O–H groups in total. The third-order valence-corrected chi connectivity index (χ3v) is 3.80. The van der Waals surface area contributed by atoms with Gasteiger partial charge in [0.15, 0.2) is 5.76 Å². The molecule has 0 atom stereocenters. The van der Waals surface area contributed by atoms with E-state index in [0.29, 0.717) is 17.1 Å². The molecule has 0 spiro atoms. The maximum atomic E-state index is 12.8. The predicted molar refractivity (Wildman–Crippen MR) is 94.0 cm³/mol. The Hall–Kier alpha value is -3.61. The van der Waals surface area contributed by atoms with Gasteiger partial charge in [0.2, 0.25) is 5.78 Å². The molecule has 0 unspecified atom stereocenters. The highest BCUT2D eigenvalue weighted by atomic mass is 16.5. The molecule has 0 aliphatic heterocycles. The Morgan fingerprint density at radius 1 is 0.885 bits per heavy atom. The molecule has 0 radical (unpaired) electrons. The molecule has 3 rings (SSSR count). The Labute approximate surface area is 147 Å². The van der Waals surface area contributed by atoms with E-state index in [1.807, 2.05) is 4.98 Å². The Balaban J connectivity index is 2.14. The van der Waals surface area contributed by atoms with Gasteiger partial charge in [-0.3, -0.25) is 14.6 Å². The number of aromatic nitrogens is 1. The molecule has 0 saturated heterocycles. The molecular weight excluding hydrogens is 338 g/mol. The van der Waals surface area contributed by atoms with E-state index in [9.17, 15) is 14.4 Å². The van der Waals surface area contributed by atoms with Gasteiger partial charge >= 0.3 is 5.76 Å². The molecule has 1 aromatic heterocycles. The zero-order valence-corrected chi connectivity index (χ0v) is 14.1. The Bertz CT molecular complexity index is 1050. The Morgan fingerprint density at radius 3 is 1.96 bits per heavy atom. The van der Waals surface area contributed by atoms with Crippen LogP contribution in [0.2, 0.25) is 0 Å². The van der Waals surface area contributed by atoms with Crippen LogP contribution in [0.25, 0.3) is 11.3 Å². The lowest BCUT2D eigenvalue weighted by Gasteiger charge is -2.08. The van der Waals surface area contributed by atoms with Gasteiger partial charge < -0.3 is 13.9 Å². The molecule has 132 valence electrons. The van der Waals surface area contributed by atoms with E-state index in [1.165, 1.54) is 26.4 Å². The van der Waals surface area contributed by atoms with Crippen molar-refractivity contribution in [2.45, 2.75) is 0 Å². The fourth-order valence-electron chi connectivity index (χ4n) is 2.47. The average molecular weight is 353 g/mol. The SMILES string of the molecule is COc1ccc(C(=O)c2c(-c3ccc(OC)cc3)oc(=O)[nH]c2=O)cc1. The number of ether oxygens (including phenoxy) is 2. The van der Waals surface area contributed by atoms with E-state index in [1.54, 1.807) is 36.4 Å². The van der Waals surface area contributed by atoms with Gasteiger partial charge in [0, 0.05) is 11.1 Å². The number of hydrogen-bond donors (Lipinski definition) is 1. The summed E-state index contributed by atoms with van der Waals surface area (Å²) in [5, 5.41) is 0. The zero-order valence-electron chi connectivity index (χ0n) is 14.1. The second-order valence-electron chi connectivity index (χ2n) is 5.33. The van der Waals surface area contributed by atoms with Crippen LogP contribution in [0, 0.1) is 0 Å². The van der Waals surface area contributed by atoms with Crippen molar-refractivity contribution in [1.82, 2.24) is 4.98 Å². The van der Waals surface area contributed by atoms with Crippen molar-refractivity contribution in [3.05, 3.63) is 80.6 Å². The second-order valence-corrected chi connectivity index (χ2v) is 5.33. The lowest BCUT2D eigenvalue weighted by atomic mass is 10.00.